The Kier molecular flexibility index (Phi) is 4.34. The third kappa shape index (κ3) is 2.41. The van der Waals surface area contributed by atoms with E-state index in [-0.39, 0.29) is 0 Å². The van der Waals surface area contributed by atoms with Gasteiger partial charge in [0.2, 0.25) is 0 Å². The zero-order valence-corrected chi connectivity index (χ0v) is 16.3. The minimum Gasteiger partial charge on any atom is -0.219 e. The van der Waals surface area contributed by atoms with E-state index in [0.29, 0.717) is 5.92 Å². The summed E-state index contributed by atoms with van der Waals surface area (Å²) < 4.78 is 0. The number of rotatable bonds is 5. The van der Waals surface area contributed by atoms with E-state index >= 15 is 0 Å². The molecule has 0 aromatic heterocycles. The van der Waals surface area contributed by atoms with Gasteiger partial charge in [-0.3, -0.25) is 0 Å². The van der Waals surface area contributed by atoms with Crippen molar-refractivity contribution >= 4 is 0 Å². The molecule has 2 nitrogen and oxygen atoms in total. The zero-order chi connectivity index (χ0) is 19.0. The van der Waals surface area contributed by atoms with E-state index in [4.69, 9.17) is 9.78 Å². The Hall–Kier alpha value is -2.42. The van der Waals surface area contributed by atoms with Crippen LogP contribution < -0.4 is 0 Å². The lowest BCUT2D eigenvalue weighted by Crippen LogP contribution is -2.57. The molecule has 0 amide bonds. The molecule has 6 rings (SSSR count). The molecular weight excluding hydrogens is 344 g/mol. The maximum atomic E-state index is 6.44. The highest BCUT2D eigenvalue weighted by Gasteiger charge is 2.61. The molecule has 1 saturated heterocycles. The van der Waals surface area contributed by atoms with Crippen LogP contribution in [0.5, 0.6) is 0 Å². The van der Waals surface area contributed by atoms with Gasteiger partial charge in [-0.2, -0.15) is 0 Å². The first-order valence-electron chi connectivity index (χ1n) is 10.4. The topological polar surface area (TPSA) is 18.5 Å². The second kappa shape index (κ2) is 6.88. The molecule has 0 saturated carbocycles. The lowest BCUT2D eigenvalue weighted by molar-refractivity contribution is -0.458. The van der Waals surface area contributed by atoms with Crippen LogP contribution in [0.2, 0.25) is 0 Å². The molecule has 3 atom stereocenters. The van der Waals surface area contributed by atoms with E-state index in [2.05, 4.69) is 91.9 Å². The third-order valence-electron chi connectivity index (χ3n) is 6.54. The van der Waals surface area contributed by atoms with E-state index in [1.54, 1.807) is 0 Å². The van der Waals surface area contributed by atoms with Crippen molar-refractivity contribution in [3.63, 3.8) is 0 Å². The van der Waals surface area contributed by atoms with Gasteiger partial charge in [0, 0.05) is 5.92 Å². The molecule has 2 heteroatoms. The fourth-order valence-electron chi connectivity index (χ4n) is 5.22. The first-order chi connectivity index (χ1) is 13.8. The minimum absolute atomic E-state index is 0.360. The largest absolute Gasteiger partial charge is 0.219 e. The fourth-order valence-corrected chi connectivity index (χ4v) is 5.22. The van der Waals surface area contributed by atoms with Crippen molar-refractivity contribution in [1.82, 2.24) is 0 Å². The molecular formula is C26H26O2. The molecule has 1 fully saturated rings. The van der Waals surface area contributed by atoms with Crippen LogP contribution in [0.3, 0.4) is 0 Å². The number of benzene rings is 3. The lowest BCUT2D eigenvalue weighted by atomic mass is 9.59. The predicted molar refractivity (Wildman–Crippen MR) is 111 cm³/mol. The van der Waals surface area contributed by atoms with Crippen LogP contribution in [0.4, 0.5) is 0 Å². The van der Waals surface area contributed by atoms with Crippen LogP contribution in [-0.4, -0.2) is 0 Å². The SMILES string of the molecule is CCCCC1C[C@@]2(c3ccccc3)OO[C@]1(c1ccccc1)c1ccccc12. The third-order valence-corrected chi connectivity index (χ3v) is 6.54. The van der Waals surface area contributed by atoms with E-state index in [9.17, 15) is 0 Å². The summed E-state index contributed by atoms with van der Waals surface area (Å²) in [5.74, 6) is 0.360. The Bertz CT molecular complexity index is 952. The lowest BCUT2D eigenvalue weighted by Gasteiger charge is -2.57. The summed E-state index contributed by atoms with van der Waals surface area (Å²) in [4.78, 5) is 12.8. The van der Waals surface area contributed by atoms with Gasteiger partial charge in [-0.05, 0) is 35.1 Å². The smallest absolute Gasteiger partial charge is 0.157 e. The van der Waals surface area contributed by atoms with Crippen molar-refractivity contribution in [2.45, 2.75) is 43.8 Å². The van der Waals surface area contributed by atoms with Gasteiger partial charge >= 0.3 is 0 Å². The molecule has 3 aromatic carbocycles. The molecule has 2 aliphatic heterocycles. The van der Waals surface area contributed by atoms with Crippen molar-refractivity contribution in [3.8, 4) is 0 Å². The molecule has 2 heterocycles. The van der Waals surface area contributed by atoms with Gasteiger partial charge in [-0.1, -0.05) is 105 Å². The summed E-state index contributed by atoms with van der Waals surface area (Å²) in [5.41, 5.74) is 3.78. The summed E-state index contributed by atoms with van der Waals surface area (Å²) in [6, 6.07) is 29.9. The highest BCUT2D eigenvalue weighted by Crippen LogP contribution is 2.61. The summed E-state index contributed by atoms with van der Waals surface area (Å²) in [7, 11) is 0. The van der Waals surface area contributed by atoms with Crippen LogP contribution in [-0.2, 0) is 21.0 Å². The number of fused-ring (bicyclic) bond motifs is 2. The number of unbranched alkanes of at least 4 members (excludes halogenated alkanes) is 1. The first kappa shape index (κ1) is 17.7. The van der Waals surface area contributed by atoms with Gasteiger partial charge in [0.25, 0.3) is 0 Å². The van der Waals surface area contributed by atoms with Gasteiger partial charge in [0.15, 0.2) is 11.2 Å². The van der Waals surface area contributed by atoms with Crippen molar-refractivity contribution < 1.29 is 9.78 Å². The van der Waals surface area contributed by atoms with Gasteiger partial charge < -0.3 is 0 Å². The van der Waals surface area contributed by atoms with Crippen LogP contribution >= 0.6 is 0 Å². The second-order valence-corrected chi connectivity index (χ2v) is 8.05. The molecule has 28 heavy (non-hydrogen) atoms. The molecule has 3 aliphatic rings. The average Bonchev–Trinajstić information content (AvgIpc) is 2.79. The van der Waals surface area contributed by atoms with Crippen molar-refractivity contribution in [3.05, 3.63) is 107 Å². The maximum Gasteiger partial charge on any atom is 0.157 e. The first-order valence-corrected chi connectivity index (χ1v) is 10.4. The Morgan fingerprint density at radius 2 is 1.36 bits per heavy atom. The van der Waals surface area contributed by atoms with Crippen LogP contribution in [0, 0.1) is 5.92 Å². The van der Waals surface area contributed by atoms with E-state index in [0.717, 1.165) is 12.8 Å². The van der Waals surface area contributed by atoms with Crippen LogP contribution in [0.15, 0.2) is 84.9 Å². The summed E-state index contributed by atoms with van der Waals surface area (Å²) in [6.45, 7) is 2.26. The Balaban J connectivity index is 1.76. The molecule has 0 spiro atoms. The zero-order valence-electron chi connectivity index (χ0n) is 16.3. The predicted octanol–water partition coefficient (Wildman–Crippen LogP) is 6.35. The van der Waals surface area contributed by atoms with Crippen molar-refractivity contribution in [2.24, 2.45) is 5.92 Å². The average molecular weight is 370 g/mol. The number of hydrogen-bond donors (Lipinski definition) is 0. The molecule has 1 unspecified atom stereocenters. The van der Waals surface area contributed by atoms with Crippen LogP contribution in [0.1, 0.15) is 54.9 Å². The second-order valence-electron chi connectivity index (χ2n) is 8.05. The van der Waals surface area contributed by atoms with E-state index in [1.165, 1.54) is 35.1 Å². The Labute approximate surface area is 167 Å². The molecule has 0 N–H and O–H groups in total. The maximum absolute atomic E-state index is 6.44. The van der Waals surface area contributed by atoms with Crippen LogP contribution in [0.25, 0.3) is 0 Å². The quantitative estimate of drug-likeness (QED) is 0.488. The van der Waals surface area contributed by atoms with Gasteiger partial charge in [0.1, 0.15) is 0 Å². The minimum atomic E-state index is -0.538. The Morgan fingerprint density at radius 3 is 2.04 bits per heavy atom. The van der Waals surface area contributed by atoms with Gasteiger partial charge in [-0.15, -0.1) is 0 Å². The number of hydrogen-bond acceptors (Lipinski definition) is 2. The van der Waals surface area contributed by atoms with Crippen molar-refractivity contribution in [2.75, 3.05) is 0 Å². The standard InChI is InChI=1S/C26H26O2/c1-2-3-12-22-19-25(20-13-6-4-7-14-20)23-17-10-11-18-24(23)26(22,28-27-25)21-15-8-5-9-16-21/h4-11,13-18,22H,2-3,12,19H2,1H3/t22?,25-,26-/m0/s1. The van der Waals surface area contributed by atoms with E-state index in [1.807, 2.05) is 0 Å². The monoisotopic (exact) mass is 370 g/mol. The highest BCUT2D eigenvalue weighted by atomic mass is 17.2. The summed E-state index contributed by atoms with van der Waals surface area (Å²) >= 11 is 0. The Morgan fingerprint density at radius 1 is 0.750 bits per heavy atom. The van der Waals surface area contributed by atoms with Gasteiger partial charge in [-0.25, -0.2) is 9.78 Å². The summed E-state index contributed by atoms with van der Waals surface area (Å²) in [5, 5.41) is 0. The van der Waals surface area contributed by atoms with Gasteiger partial charge in [0.05, 0.1) is 0 Å². The normalized spacial score (nSPS) is 28.1. The molecule has 142 valence electrons. The summed E-state index contributed by atoms with van der Waals surface area (Å²) in [6.07, 6.45) is 4.43. The molecule has 0 radical (unpaired) electrons. The molecule has 3 aromatic rings. The molecule has 1 aliphatic carbocycles. The highest BCUT2D eigenvalue weighted by molar-refractivity contribution is 5.52. The fraction of sp³-hybridized carbons (Fsp3) is 0.308. The molecule has 2 bridgehead atoms. The van der Waals surface area contributed by atoms with Crippen molar-refractivity contribution in [1.29, 1.82) is 0 Å². The van der Waals surface area contributed by atoms with E-state index < -0.39 is 11.2 Å².